The van der Waals surface area contributed by atoms with Gasteiger partial charge in [0.25, 0.3) is 5.91 Å². The third-order valence-corrected chi connectivity index (χ3v) is 2.98. The molecule has 0 aliphatic heterocycles. The summed E-state index contributed by atoms with van der Waals surface area (Å²) in [6.07, 6.45) is 3.19. The minimum absolute atomic E-state index is 0.169. The summed E-state index contributed by atoms with van der Waals surface area (Å²) < 4.78 is 1.90. The molecule has 0 unspecified atom stereocenters. The van der Waals surface area contributed by atoms with Crippen LogP contribution in [0.5, 0.6) is 0 Å². The van der Waals surface area contributed by atoms with Gasteiger partial charge in [-0.25, -0.2) is 0 Å². The van der Waals surface area contributed by atoms with Gasteiger partial charge in [-0.2, -0.15) is 0 Å². The Bertz CT molecular complexity index is 686. The monoisotopic (exact) mass is 256 g/mol. The highest BCUT2D eigenvalue weighted by Crippen LogP contribution is 2.11. The molecule has 1 amide bonds. The number of amides is 1. The van der Waals surface area contributed by atoms with Crippen LogP contribution in [0.2, 0.25) is 0 Å². The fraction of sp³-hybridized carbons (Fsp3) is 0.200. The number of carbonyl (C=O) groups excluding carboxylic acids is 1. The van der Waals surface area contributed by atoms with Crippen LogP contribution in [-0.4, -0.2) is 17.0 Å². The Morgan fingerprint density at radius 1 is 1.42 bits per heavy atom. The van der Waals surface area contributed by atoms with Gasteiger partial charge in [0.2, 0.25) is 5.43 Å². The summed E-state index contributed by atoms with van der Waals surface area (Å²) in [6.45, 7) is 6.55. The van der Waals surface area contributed by atoms with Crippen LogP contribution in [0.1, 0.15) is 17.3 Å². The molecule has 4 heteroatoms. The SMILES string of the molecule is C=CCNC(=O)c1cn(CC)c2ccccc2c1=O. The number of hydrogen-bond acceptors (Lipinski definition) is 2. The van der Waals surface area contributed by atoms with E-state index in [1.807, 2.05) is 23.6 Å². The molecule has 4 nitrogen and oxygen atoms in total. The maximum atomic E-state index is 12.3. The number of pyridine rings is 1. The zero-order valence-electron chi connectivity index (χ0n) is 10.8. The van der Waals surface area contributed by atoms with E-state index >= 15 is 0 Å². The number of aryl methyl sites for hydroxylation is 1. The van der Waals surface area contributed by atoms with Gasteiger partial charge in [0.1, 0.15) is 5.56 Å². The average Bonchev–Trinajstić information content (AvgIpc) is 2.45. The van der Waals surface area contributed by atoms with Gasteiger partial charge in [-0.3, -0.25) is 9.59 Å². The Labute approximate surface area is 111 Å². The predicted molar refractivity (Wildman–Crippen MR) is 76.4 cm³/mol. The summed E-state index contributed by atoms with van der Waals surface area (Å²) in [6, 6.07) is 7.31. The Morgan fingerprint density at radius 3 is 2.84 bits per heavy atom. The Balaban J connectivity index is 2.63. The van der Waals surface area contributed by atoms with E-state index < -0.39 is 0 Å². The number of nitrogens with zero attached hydrogens (tertiary/aromatic N) is 1. The minimum atomic E-state index is -0.363. The number of carbonyl (C=O) groups is 1. The van der Waals surface area contributed by atoms with Gasteiger partial charge in [0, 0.05) is 24.7 Å². The molecule has 0 bridgehead atoms. The van der Waals surface area contributed by atoms with E-state index in [1.54, 1.807) is 24.4 Å². The number of fused-ring (bicyclic) bond motifs is 1. The third kappa shape index (κ3) is 2.42. The number of benzene rings is 1. The van der Waals surface area contributed by atoms with E-state index in [0.29, 0.717) is 18.5 Å². The van der Waals surface area contributed by atoms with Crippen molar-refractivity contribution in [2.75, 3.05) is 6.54 Å². The van der Waals surface area contributed by atoms with Crippen LogP contribution in [-0.2, 0) is 6.54 Å². The number of aromatic nitrogens is 1. The van der Waals surface area contributed by atoms with Gasteiger partial charge >= 0.3 is 0 Å². The first kappa shape index (κ1) is 13.1. The second-order valence-electron chi connectivity index (χ2n) is 4.17. The van der Waals surface area contributed by atoms with Crippen molar-refractivity contribution in [1.29, 1.82) is 0 Å². The zero-order chi connectivity index (χ0) is 13.8. The molecule has 2 aromatic rings. The third-order valence-electron chi connectivity index (χ3n) is 2.98. The molecule has 0 fully saturated rings. The fourth-order valence-corrected chi connectivity index (χ4v) is 2.03. The number of para-hydroxylation sites is 1. The molecule has 0 aliphatic carbocycles. The molecule has 0 saturated carbocycles. The molecule has 0 aliphatic rings. The maximum absolute atomic E-state index is 12.3. The molecule has 19 heavy (non-hydrogen) atoms. The topological polar surface area (TPSA) is 51.1 Å². The predicted octanol–water partition coefficient (Wildman–Crippen LogP) is 1.94. The van der Waals surface area contributed by atoms with Gasteiger partial charge in [-0.05, 0) is 19.1 Å². The van der Waals surface area contributed by atoms with Crippen molar-refractivity contribution in [3.63, 3.8) is 0 Å². The number of rotatable bonds is 4. The Hall–Kier alpha value is -2.36. The molecule has 0 saturated heterocycles. The first-order valence-electron chi connectivity index (χ1n) is 6.20. The average molecular weight is 256 g/mol. The largest absolute Gasteiger partial charge is 0.348 e. The maximum Gasteiger partial charge on any atom is 0.257 e. The van der Waals surface area contributed by atoms with Crippen LogP contribution < -0.4 is 10.7 Å². The summed E-state index contributed by atoms with van der Waals surface area (Å²) in [5.74, 6) is -0.363. The summed E-state index contributed by atoms with van der Waals surface area (Å²) in [7, 11) is 0. The highest BCUT2D eigenvalue weighted by atomic mass is 16.2. The van der Waals surface area contributed by atoms with Gasteiger partial charge in [0.15, 0.2) is 0 Å². The standard InChI is InChI=1S/C15H16N2O2/c1-3-9-16-15(19)12-10-17(4-2)13-8-6-5-7-11(13)14(12)18/h3,5-8,10H,1,4,9H2,2H3,(H,16,19). The summed E-state index contributed by atoms with van der Waals surface area (Å²) in [5, 5.41) is 3.20. The number of nitrogens with one attached hydrogen (secondary N) is 1. The van der Waals surface area contributed by atoms with Crippen LogP contribution in [0.4, 0.5) is 0 Å². The van der Waals surface area contributed by atoms with E-state index in [9.17, 15) is 9.59 Å². The van der Waals surface area contributed by atoms with Crippen molar-refractivity contribution >= 4 is 16.8 Å². The molecule has 1 N–H and O–H groups in total. The van der Waals surface area contributed by atoms with Crippen molar-refractivity contribution in [1.82, 2.24) is 9.88 Å². The molecule has 2 rings (SSSR count). The van der Waals surface area contributed by atoms with Crippen molar-refractivity contribution in [3.05, 3.63) is 58.9 Å². The molecule has 1 heterocycles. The van der Waals surface area contributed by atoms with Gasteiger partial charge in [-0.15, -0.1) is 6.58 Å². The molecule has 0 spiro atoms. The van der Waals surface area contributed by atoms with Crippen molar-refractivity contribution in [3.8, 4) is 0 Å². The summed E-state index contributed by atoms with van der Waals surface area (Å²) in [4.78, 5) is 24.3. The zero-order valence-corrected chi connectivity index (χ0v) is 10.8. The summed E-state index contributed by atoms with van der Waals surface area (Å²) >= 11 is 0. The van der Waals surface area contributed by atoms with Gasteiger partial charge in [-0.1, -0.05) is 18.2 Å². The first-order chi connectivity index (χ1) is 9.19. The molecule has 98 valence electrons. The van der Waals surface area contributed by atoms with E-state index in [4.69, 9.17) is 0 Å². The normalized spacial score (nSPS) is 10.4. The first-order valence-corrected chi connectivity index (χ1v) is 6.20. The van der Waals surface area contributed by atoms with Gasteiger partial charge in [0.05, 0.1) is 5.52 Å². The minimum Gasteiger partial charge on any atom is -0.348 e. The molecule has 0 radical (unpaired) electrons. The second-order valence-corrected chi connectivity index (χ2v) is 4.17. The van der Waals surface area contributed by atoms with Gasteiger partial charge < -0.3 is 9.88 Å². The lowest BCUT2D eigenvalue weighted by Crippen LogP contribution is -2.29. The molecule has 1 aromatic carbocycles. The fourth-order valence-electron chi connectivity index (χ4n) is 2.03. The van der Waals surface area contributed by atoms with E-state index in [2.05, 4.69) is 11.9 Å². The summed E-state index contributed by atoms with van der Waals surface area (Å²) in [5.41, 5.74) is 0.777. The lowest BCUT2D eigenvalue weighted by atomic mass is 10.1. The van der Waals surface area contributed by atoms with E-state index in [1.165, 1.54) is 0 Å². The smallest absolute Gasteiger partial charge is 0.257 e. The Morgan fingerprint density at radius 2 is 2.16 bits per heavy atom. The molecular formula is C15H16N2O2. The highest BCUT2D eigenvalue weighted by molar-refractivity contribution is 5.97. The quantitative estimate of drug-likeness (QED) is 0.850. The van der Waals surface area contributed by atoms with E-state index in [-0.39, 0.29) is 16.9 Å². The van der Waals surface area contributed by atoms with Crippen molar-refractivity contribution in [2.24, 2.45) is 0 Å². The lowest BCUT2D eigenvalue weighted by Gasteiger charge is -2.11. The Kier molecular flexibility index (Phi) is 3.80. The van der Waals surface area contributed by atoms with Crippen LogP contribution in [0, 0.1) is 0 Å². The van der Waals surface area contributed by atoms with Crippen LogP contribution >= 0.6 is 0 Å². The molecular weight excluding hydrogens is 240 g/mol. The van der Waals surface area contributed by atoms with E-state index in [0.717, 1.165) is 5.52 Å². The molecule has 0 atom stereocenters. The lowest BCUT2D eigenvalue weighted by molar-refractivity contribution is 0.0956. The number of hydrogen-bond donors (Lipinski definition) is 1. The van der Waals surface area contributed by atoms with Crippen molar-refractivity contribution < 1.29 is 4.79 Å². The van der Waals surface area contributed by atoms with Crippen LogP contribution in [0.3, 0.4) is 0 Å². The van der Waals surface area contributed by atoms with Crippen LogP contribution in [0.15, 0.2) is 47.9 Å². The molecule has 1 aromatic heterocycles. The van der Waals surface area contributed by atoms with Crippen LogP contribution in [0.25, 0.3) is 10.9 Å². The highest BCUT2D eigenvalue weighted by Gasteiger charge is 2.13. The van der Waals surface area contributed by atoms with Crippen molar-refractivity contribution in [2.45, 2.75) is 13.5 Å². The second kappa shape index (κ2) is 5.52.